The van der Waals surface area contributed by atoms with Gasteiger partial charge in [0.1, 0.15) is 18.1 Å². The minimum absolute atomic E-state index is 0.215. The van der Waals surface area contributed by atoms with Crippen molar-refractivity contribution in [2.24, 2.45) is 0 Å². The van der Waals surface area contributed by atoms with Gasteiger partial charge in [-0.15, -0.1) is 0 Å². The Hall–Kier alpha value is -2.62. The highest BCUT2D eigenvalue weighted by Gasteiger charge is 2.47. The third-order valence-electron chi connectivity index (χ3n) is 4.52. The van der Waals surface area contributed by atoms with Gasteiger partial charge in [-0.3, -0.25) is 0 Å². The van der Waals surface area contributed by atoms with E-state index >= 15 is 0 Å². The fourth-order valence-corrected chi connectivity index (χ4v) is 2.96. The molecule has 2 unspecified atom stereocenters. The second-order valence-corrected chi connectivity index (χ2v) is 6.05. The minimum Gasteiger partial charge on any atom is -0.508 e. The van der Waals surface area contributed by atoms with Crippen LogP contribution in [0.3, 0.4) is 0 Å². The Balaban J connectivity index is 2.09. The summed E-state index contributed by atoms with van der Waals surface area (Å²) in [7, 11) is 0. The molecular weight excluding hydrogens is 290 g/mol. The van der Waals surface area contributed by atoms with Gasteiger partial charge in [-0.05, 0) is 50.1 Å². The van der Waals surface area contributed by atoms with Crippen LogP contribution in [0.5, 0.6) is 11.6 Å². The first-order chi connectivity index (χ1) is 11.0. The van der Waals surface area contributed by atoms with E-state index in [1.165, 1.54) is 0 Å². The van der Waals surface area contributed by atoms with Crippen molar-refractivity contribution in [3.8, 4) is 22.8 Å². The molecular formula is C19H19NO3. The van der Waals surface area contributed by atoms with Crippen LogP contribution in [0.25, 0.3) is 11.1 Å². The summed E-state index contributed by atoms with van der Waals surface area (Å²) in [4.78, 5) is 16.2. The van der Waals surface area contributed by atoms with Crippen LogP contribution in [-0.4, -0.2) is 22.5 Å². The van der Waals surface area contributed by atoms with E-state index in [1.54, 1.807) is 18.3 Å². The summed E-state index contributed by atoms with van der Waals surface area (Å²) in [5.74, 6) is 0.723. The van der Waals surface area contributed by atoms with Gasteiger partial charge in [0, 0.05) is 17.3 Å². The summed E-state index contributed by atoms with van der Waals surface area (Å²) in [5.41, 5.74) is 2.86. The minimum atomic E-state index is -0.758. The number of allylic oxidation sites excluding steroid dienone is 1. The van der Waals surface area contributed by atoms with E-state index in [1.807, 2.05) is 45.0 Å². The molecule has 1 aliphatic rings. The molecule has 4 heteroatoms. The van der Waals surface area contributed by atoms with Crippen LogP contribution in [0.15, 0.2) is 48.2 Å². The largest absolute Gasteiger partial charge is 0.508 e. The van der Waals surface area contributed by atoms with Crippen molar-refractivity contribution in [3.63, 3.8) is 0 Å². The second-order valence-electron chi connectivity index (χ2n) is 6.05. The standard InChI is InChI=1S/C19H19NO3/c1-4-12(2)17-19(3,11-21)16-9-14(10-20-18(16)23-17)13-5-7-15(22)8-6-13/h4-11,17,22H,1-3H3/b12-4+. The fraction of sp³-hybridized carbons (Fsp3) is 0.263. The molecule has 4 nitrogen and oxygen atoms in total. The molecule has 0 aliphatic carbocycles. The Labute approximate surface area is 135 Å². The summed E-state index contributed by atoms with van der Waals surface area (Å²) < 4.78 is 5.93. The Morgan fingerprint density at radius 2 is 2.00 bits per heavy atom. The number of hydrogen-bond donors (Lipinski definition) is 1. The zero-order valence-electron chi connectivity index (χ0n) is 13.4. The summed E-state index contributed by atoms with van der Waals surface area (Å²) >= 11 is 0. The molecule has 1 aromatic carbocycles. The number of phenols is 1. The van der Waals surface area contributed by atoms with E-state index in [2.05, 4.69) is 4.98 Å². The number of benzene rings is 1. The lowest BCUT2D eigenvalue weighted by Gasteiger charge is -2.24. The molecule has 3 rings (SSSR count). The number of aromatic hydroxyl groups is 1. The SMILES string of the molecule is C/C=C(\C)C1Oc2ncc(-c3ccc(O)cc3)cc2C1(C)C=O. The van der Waals surface area contributed by atoms with Crippen molar-refractivity contribution in [1.29, 1.82) is 0 Å². The molecule has 0 bridgehead atoms. The van der Waals surface area contributed by atoms with Gasteiger partial charge in [0.25, 0.3) is 0 Å². The van der Waals surface area contributed by atoms with Crippen LogP contribution < -0.4 is 4.74 Å². The molecule has 0 radical (unpaired) electrons. The van der Waals surface area contributed by atoms with Crippen LogP contribution in [-0.2, 0) is 10.2 Å². The Morgan fingerprint density at radius 3 is 2.61 bits per heavy atom. The molecule has 1 aromatic heterocycles. The summed E-state index contributed by atoms with van der Waals surface area (Å²) in [6.07, 6.45) is 4.30. The van der Waals surface area contributed by atoms with E-state index in [-0.39, 0.29) is 11.9 Å². The predicted molar refractivity (Wildman–Crippen MR) is 88.6 cm³/mol. The molecule has 0 amide bonds. The summed E-state index contributed by atoms with van der Waals surface area (Å²) in [6.45, 7) is 5.77. The monoisotopic (exact) mass is 309 g/mol. The number of ether oxygens (including phenoxy) is 1. The Morgan fingerprint density at radius 1 is 1.30 bits per heavy atom. The summed E-state index contributed by atoms with van der Waals surface area (Å²) in [6, 6.07) is 8.85. The number of carbonyl (C=O) groups is 1. The first-order valence-corrected chi connectivity index (χ1v) is 7.55. The highest BCUT2D eigenvalue weighted by molar-refractivity contribution is 5.76. The van der Waals surface area contributed by atoms with E-state index in [4.69, 9.17) is 4.74 Å². The highest BCUT2D eigenvalue weighted by Crippen LogP contribution is 2.44. The quantitative estimate of drug-likeness (QED) is 0.694. The van der Waals surface area contributed by atoms with Gasteiger partial charge in [0.05, 0.1) is 5.41 Å². The van der Waals surface area contributed by atoms with E-state index in [9.17, 15) is 9.90 Å². The first kappa shape index (κ1) is 15.3. The third kappa shape index (κ3) is 2.40. The van der Waals surface area contributed by atoms with Crippen LogP contribution in [0.2, 0.25) is 0 Å². The zero-order chi connectivity index (χ0) is 16.6. The number of fused-ring (bicyclic) bond motifs is 1. The van der Waals surface area contributed by atoms with E-state index in [0.29, 0.717) is 5.88 Å². The first-order valence-electron chi connectivity index (χ1n) is 7.55. The molecule has 0 saturated heterocycles. The molecule has 23 heavy (non-hydrogen) atoms. The average molecular weight is 309 g/mol. The average Bonchev–Trinajstić information content (AvgIpc) is 2.88. The molecule has 2 aromatic rings. The maximum atomic E-state index is 11.8. The lowest BCUT2D eigenvalue weighted by atomic mass is 9.78. The number of rotatable bonds is 3. The van der Waals surface area contributed by atoms with Crippen molar-refractivity contribution in [2.75, 3.05) is 0 Å². The highest BCUT2D eigenvalue weighted by atomic mass is 16.5. The molecule has 0 saturated carbocycles. The van der Waals surface area contributed by atoms with Crippen LogP contribution in [0.1, 0.15) is 26.3 Å². The third-order valence-corrected chi connectivity index (χ3v) is 4.52. The van der Waals surface area contributed by atoms with Gasteiger partial charge in [-0.25, -0.2) is 4.98 Å². The van der Waals surface area contributed by atoms with Crippen LogP contribution >= 0.6 is 0 Å². The van der Waals surface area contributed by atoms with Crippen molar-refractivity contribution in [2.45, 2.75) is 32.3 Å². The lowest BCUT2D eigenvalue weighted by molar-refractivity contribution is -0.113. The Bertz CT molecular complexity index is 780. The van der Waals surface area contributed by atoms with Crippen molar-refractivity contribution >= 4 is 6.29 Å². The van der Waals surface area contributed by atoms with E-state index < -0.39 is 5.41 Å². The number of hydrogen-bond acceptors (Lipinski definition) is 4. The molecule has 118 valence electrons. The number of aromatic nitrogens is 1. The second kappa shape index (κ2) is 5.54. The van der Waals surface area contributed by atoms with Gasteiger partial charge in [-0.2, -0.15) is 0 Å². The van der Waals surface area contributed by atoms with Gasteiger partial charge >= 0.3 is 0 Å². The maximum Gasteiger partial charge on any atom is 0.218 e. The molecule has 1 aliphatic heterocycles. The number of aldehydes is 1. The van der Waals surface area contributed by atoms with Crippen LogP contribution in [0, 0.1) is 0 Å². The molecule has 0 fully saturated rings. The summed E-state index contributed by atoms with van der Waals surface area (Å²) in [5, 5.41) is 9.41. The van der Waals surface area contributed by atoms with Gasteiger partial charge in [0.15, 0.2) is 0 Å². The molecule has 2 atom stereocenters. The number of carbonyl (C=O) groups excluding carboxylic acids is 1. The lowest BCUT2D eigenvalue weighted by Crippen LogP contribution is -2.37. The van der Waals surface area contributed by atoms with Crippen LogP contribution in [0.4, 0.5) is 0 Å². The Kier molecular flexibility index (Phi) is 3.68. The maximum absolute atomic E-state index is 11.8. The van der Waals surface area contributed by atoms with Gasteiger partial charge < -0.3 is 14.6 Å². The number of pyridine rings is 1. The van der Waals surface area contributed by atoms with Crippen molar-refractivity contribution in [3.05, 3.63) is 53.7 Å². The molecule has 2 heterocycles. The number of phenolic OH excluding ortho intramolecular Hbond substituents is 1. The van der Waals surface area contributed by atoms with Crippen molar-refractivity contribution < 1.29 is 14.6 Å². The molecule has 1 N–H and O–H groups in total. The smallest absolute Gasteiger partial charge is 0.218 e. The number of nitrogens with zero attached hydrogens (tertiary/aromatic N) is 1. The molecule has 0 spiro atoms. The topological polar surface area (TPSA) is 59.4 Å². The van der Waals surface area contributed by atoms with E-state index in [0.717, 1.165) is 28.5 Å². The van der Waals surface area contributed by atoms with Crippen molar-refractivity contribution in [1.82, 2.24) is 4.98 Å². The normalized spacial score (nSPS) is 23.3. The fourth-order valence-electron chi connectivity index (χ4n) is 2.96. The van der Waals surface area contributed by atoms with Gasteiger partial charge in [0.2, 0.25) is 5.88 Å². The van der Waals surface area contributed by atoms with Gasteiger partial charge in [-0.1, -0.05) is 18.2 Å². The predicted octanol–water partition coefficient (Wildman–Crippen LogP) is 3.64. The zero-order valence-corrected chi connectivity index (χ0v) is 13.4.